The predicted molar refractivity (Wildman–Crippen MR) is 141 cm³/mol. The monoisotopic (exact) mass is 589 g/mol. The number of nitrogens with zero attached hydrogens (tertiary/aromatic N) is 1. The summed E-state index contributed by atoms with van der Waals surface area (Å²) >= 11 is 5.74. The van der Waals surface area contributed by atoms with Crippen LogP contribution in [0.4, 0.5) is 28.9 Å². The number of amides is 3. The number of hydrogen-bond acceptors (Lipinski definition) is 4. The Morgan fingerprint density at radius 3 is 2.31 bits per heavy atom. The quantitative estimate of drug-likeness (QED) is 0.400. The molecule has 13 heteroatoms. The maximum Gasteiger partial charge on any atom is 0.417 e. The minimum Gasteiger partial charge on any atom is -0.352 e. The second-order valence-electron chi connectivity index (χ2n) is 9.23. The Morgan fingerprint density at radius 2 is 1.69 bits per heavy atom. The third-order valence-electron chi connectivity index (χ3n) is 6.23. The van der Waals surface area contributed by atoms with Crippen LogP contribution < -0.4 is 15.5 Å². The summed E-state index contributed by atoms with van der Waals surface area (Å²) in [4.78, 5) is 39.4. The molecule has 3 rings (SSSR count). The second kappa shape index (κ2) is 13.4. The van der Waals surface area contributed by atoms with Crippen molar-refractivity contribution in [2.75, 3.05) is 21.7 Å². The number of nitrogens with one attached hydrogen (secondary N) is 2. The van der Waals surface area contributed by atoms with Crippen LogP contribution in [0.1, 0.15) is 44.6 Å². The summed E-state index contributed by atoms with van der Waals surface area (Å²) < 4.78 is 66.3. The third-order valence-corrected chi connectivity index (χ3v) is 7.71. The van der Waals surface area contributed by atoms with Crippen molar-refractivity contribution in [3.05, 3.63) is 58.9 Å². The highest BCUT2D eigenvalue weighted by atomic mass is 35.5. The van der Waals surface area contributed by atoms with E-state index in [2.05, 4.69) is 10.6 Å². The number of anilines is 2. The topological polar surface area (TPSA) is 95.6 Å². The predicted octanol–water partition coefficient (Wildman–Crippen LogP) is 5.06. The first kappa shape index (κ1) is 30.6. The average Bonchev–Trinajstić information content (AvgIpc) is 2.86. The first-order valence-electron chi connectivity index (χ1n) is 12.2. The van der Waals surface area contributed by atoms with E-state index >= 15 is 0 Å². The fourth-order valence-corrected chi connectivity index (χ4v) is 5.39. The normalized spacial score (nSPS) is 15.7. The zero-order chi connectivity index (χ0) is 28.7. The zero-order valence-electron chi connectivity index (χ0n) is 21.0. The molecule has 0 spiro atoms. The highest BCUT2D eigenvalue weighted by Crippen LogP contribution is 2.37. The van der Waals surface area contributed by atoms with Crippen molar-refractivity contribution in [2.45, 2.75) is 57.3 Å². The van der Waals surface area contributed by atoms with E-state index in [9.17, 15) is 36.2 Å². The van der Waals surface area contributed by atoms with Crippen molar-refractivity contribution in [1.82, 2.24) is 5.32 Å². The zero-order valence-corrected chi connectivity index (χ0v) is 22.6. The van der Waals surface area contributed by atoms with Gasteiger partial charge in [-0.2, -0.15) is 13.2 Å². The summed E-state index contributed by atoms with van der Waals surface area (Å²) in [5, 5.41) is 4.69. The molecule has 0 heterocycles. The lowest BCUT2D eigenvalue weighted by Crippen LogP contribution is -2.52. The molecule has 1 aliphatic carbocycles. The number of benzene rings is 2. The molecule has 39 heavy (non-hydrogen) atoms. The number of alkyl halides is 3. The standard InChI is InChI=1S/C26H28ClF4N3O4S/c1-16(25(37)33-18-5-3-2-4-6-18)34(20-11-12-22(27)21(13-20)26(29,30)31)24(36)15-39(38)14-23(35)32-19-9-7-17(28)8-10-19/h7-13,16,18H,2-6,14-15H2,1H3,(H,32,35)(H,33,37). The summed E-state index contributed by atoms with van der Waals surface area (Å²) in [5.41, 5.74) is -1.20. The van der Waals surface area contributed by atoms with Gasteiger partial charge < -0.3 is 10.6 Å². The molecule has 2 atom stereocenters. The summed E-state index contributed by atoms with van der Waals surface area (Å²) in [5.74, 6) is -4.05. The van der Waals surface area contributed by atoms with Crippen LogP contribution in [0.5, 0.6) is 0 Å². The van der Waals surface area contributed by atoms with Gasteiger partial charge in [-0.15, -0.1) is 0 Å². The molecular weight excluding hydrogens is 562 g/mol. The minimum atomic E-state index is -4.82. The Balaban J connectivity index is 1.79. The molecule has 0 aliphatic heterocycles. The number of rotatable bonds is 9. The Labute approximate surface area is 230 Å². The van der Waals surface area contributed by atoms with Crippen LogP contribution >= 0.6 is 11.6 Å². The first-order chi connectivity index (χ1) is 18.3. The Bertz CT molecular complexity index is 1220. The van der Waals surface area contributed by atoms with Crippen LogP contribution in [-0.4, -0.2) is 45.5 Å². The van der Waals surface area contributed by atoms with Crippen LogP contribution in [0.15, 0.2) is 42.5 Å². The lowest BCUT2D eigenvalue weighted by atomic mass is 9.95. The van der Waals surface area contributed by atoms with Gasteiger partial charge in [-0.1, -0.05) is 30.9 Å². The summed E-state index contributed by atoms with van der Waals surface area (Å²) in [6, 6.07) is 6.28. The van der Waals surface area contributed by atoms with Crippen LogP contribution in [0.2, 0.25) is 5.02 Å². The van der Waals surface area contributed by atoms with Gasteiger partial charge in [-0.05, 0) is 62.2 Å². The fraction of sp³-hybridized carbons (Fsp3) is 0.423. The third kappa shape index (κ3) is 8.76. The van der Waals surface area contributed by atoms with E-state index in [0.717, 1.165) is 55.2 Å². The van der Waals surface area contributed by atoms with E-state index in [1.165, 1.54) is 25.1 Å². The number of hydrogen-bond donors (Lipinski definition) is 2. The summed E-state index contributed by atoms with van der Waals surface area (Å²) in [6.45, 7) is 1.36. The molecule has 0 aromatic heterocycles. The fourth-order valence-electron chi connectivity index (χ4n) is 4.28. The van der Waals surface area contributed by atoms with Gasteiger partial charge in [0.2, 0.25) is 17.7 Å². The highest BCUT2D eigenvalue weighted by molar-refractivity contribution is 7.86. The Kier molecular flexibility index (Phi) is 10.5. The van der Waals surface area contributed by atoms with Crippen molar-refractivity contribution in [3.8, 4) is 0 Å². The summed E-state index contributed by atoms with van der Waals surface area (Å²) in [6.07, 6.45) is -0.438. The van der Waals surface area contributed by atoms with E-state index in [4.69, 9.17) is 11.6 Å². The molecule has 212 valence electrons. The molecule has 2 aromatic rings. The smallest absolute Gasteiger partial charge is 0.352 e. The number of carbonyl (C=O) groups is 3. The van der Waals surface area contributed by atoms with Crippen molar-refractivity contribution in [3.63, 3.8) is 0 Å². The number of halogens is 5. The van der Waals surface area contributed by atoms with Crippen LogP contribution in [0.25, 0.3) is 0 Å². The van der Waals surface area contributed by atoms with Crippen molar-refractivity contribution in [1.29, 1.82) is 0 Å². The molecule has 0 radical (unpaired) electrons. The molecule has 0 saturated heterocycles. The van der Waals surface area contributed by atoms with Gasteiger partial charge in [0.05, 0.1) is 10.6 Å². The molecule has 1 fully saturated rings. The van der Waals surface area contributed by atoms with E-state index < -0.39 is 68.6 Å². The number of carbonyl (C=O) groups excluding carboxylic acids is 3. The van der Waals surface area contributed by atoms with Gasteiger partial charge in [-0.3, -0.25) is 23.5 Å². The van der Waals surface area contributed by atoms with Crippen LogP contribution in [-0.2, 0) is 31.4 Å². The molecule has 1 saturated carbocycles. The molecule has 1 aliphatic rings. The lowest BCUT2D eigenvalue weighted by Gasteiger charge is -2.31. The van der Waals surface area contributed by atoms with E-state index in [0.29, 0.717) is 6.07 Å². The van der Waals surface area contributed by atoms with Gasteiger partial charge in [0.15, 0.2) is 0 Å². The van der Waals surface area contributed by atoms with E-state index in [-0.39, 0.29) is 17.4 Å². The second-order valence-corrected chi connectivity index (χ2v) is 11.1. The molecule has 2 N–H and O–H groups in total. The molecular formula is C26H28ClF4N3O4S. The van der Waals surface area contributed by atoms with Crippen LogP contribution in [0.3, 0.4) is 0 Å². The molecule has 2 aromatic carbocycles. The van der Waals surface area contributed by atoms with E-state index in [1.54, 1.807) is 0 Å². The maximum absolute atomic E-state index is 13.5. The average molecular weight is 590 g/mol. The van der Waals surface area contributed by atoms with Crippen LogP contribution in [0, 0.1) is 5.82 Å². The van der Waals surface area contributed by atoms with Gasteiger partial charge in [0, 0.05) is 28.2 Å². The molecule has 7 nitrogen and oxygen atoms in total. The van der Waals surface area contributed by atoms with Crippen molar-refractivity contribution < 1.29 is 36.2 Å². The maximum atomic E-state index is 13.5. The Morgan fingerprint density at radius 1 is 1.05 bits per heavy atom. The molecule has 2 unspecified atom stereocenters. The Hall–Kier alpha value is -2.99. The SMILES string of the molecule is CC(C(=O)NC1CCCCC1)N(C(=O)CS(=O)CC(=O)Nc1ccc(F)cc1)c1ccc(Cl)c(C(F)(F)F)c1. The van der Waals surface area contributed by atoms with Gasteiger partial charge in [0.1, 0.15) is 23.4 Å². The van der Waals surface area contributed by atoms with Crippen molar-refractivity contribution >= 4 is 51.5 Å². The molecule has 3 amide bonds. The van der Waals surface area contributed by atoms with Gasteiger partial charge >= 0.3 is 6.18 Å². The van der Waals surface area contributed by atoms with Crippen molar-refractivity contribution in [2.24, 2.45) is 0 Å². The minimum absolute atomic E-state index is 0.120. The highest BCUT2D eigenvalue weighted by Gasteiger charge is 2.36. The van der Waals surface area contributed by atoms with Gasteiger partial charge in [0.25, 0.3) is 0 Å². The summed E-state index contributed by atoms with van der Waals surface area (Å²) in [7, 11) is -2.07. The first-order valence-corrected chi connectivity index (χ1v) is 14.1. The van der Waals surface area contributed by atoms with Gasteiger partial charge in [-0.25, -0.2) is 4.39 Å². The lowest BCUT2D eigenvalue weighted by molar-refractivity contribution is -0.137. The molecule has 0 bridgehead atoms. The van der Waals surface area contributed by atoms with E-state index in [1.807, 2.05) is 0 Å². The largest absolute Gasteiger partial charge is 0.417 e.